The minimum Gasteiger partial charge on any atom is -0.479 e. The molecule has 2 N–H and O–H groups in total. The molecule has 5 rings (SSSR count). The van der Waals surface area contributed by atoms with Crippen molar-refractivity contribution in [3.05, 3.63) is 36.0 Å². The van der Waals surface area contributed by atoms with Crippen LogP contribution in [0.5, 0.6) is 5.88 Å². The number of fused-ring (bicyclic) bond motifs is 2. The highest BCUT2D eigenvalue weighted by molar-refractivity contribution is 5.90. The summed E-state index contributed by atoms with van der Waals surface area (Å²) >= 11 is 0. The summed E-state index contributed by atoms with van der Waals surface area (Å²) in [6.07, 6.45) is 1.82. The van der Waals surface area contributed by atoms with Crippen LogP contribution >= 0.6 is 0 Å². The predicted octanol–water partition coefficient (Wildman–Crippen LogP) is 3.90. The van der Waals surface area contributed by atoms with Crippen molar-refractivity contribution in [2.75, 3.05) is 38.7 Å². The molecule has 0 aliphatic carbocycles. The molecule has 1 saturated heterocycles. The van der Waals surface area contributed by atoms with E-state index in [1.54, 1.807) is 12.3 Å². The minimum absolute atomic E-state index is 0.00178. The van der Waals surface area contributed by atoms with E-state index in [1.807, 2.05) is 31.4 Å². The Morgan fingerprint density at radius 3 is 2.73 bits per heavy atom. The van der Waals surface area contributed by atoms with Gasteiger partial charge in [-0.3, -0.25) is 4.90 Å². The Bertz CT molecular complexity index is 1450. The standard InChI is InChI=1S/C25H30F3N7O2/c1-14(2)35-15(3)29-21-18(26)11-16(12-19(21)35)17-5-8-34-22(17)23(37-4)31-24(32-34)30-20-6-7-33(9-10-36)13-25(20,27)28/h5,8,11-12,14,20,36H,6-7,9-10,13H2,1-4H3,(H,30,32)/t20-/m1/s1. The highest BCUT2D eigenvalue weighted by atomic mass is 19.3. The first-order chi connectivity index (χ1) is 17.6. The van der Waals surface area contributed by atoms with Gasteiger partial charge < -0.3 is 19.7 Å². The predicted molar refractivity (Wildman–Crippen MR) is 134 cm³/mol. The molecule has 3 aromatic heterocycles. The first kappa shape index (κ1) is 25.3. The third kappa shape index (κ3) is 4.48. The number of aryl methyl sites for hydroxylation is 1. The van der Waals surface area contributed by atoms with Gasteiger partial charge in [-0.25, -0.2) is 22.7 Å². The van der Waals surface area contributed by atoms with E-state index in [4.69, 9.17) is 9.84 Å². The zero-order valence-electron chi connectivity index (χ0n) is 21.2. The molecule has 37 heavy (non-hydrogen) atoms. The van der Waals surface area contributed by atoms with Crippen LogP contribution in [0, 0.1) is 12.7 Å². The maximum Gasteiger partial charge on any atom is 0.280 e. The van der Waals surface area contributed by atoms with Crippen molar-refractivity contribution in [2.45, 2.75) is 45.2 Å². The van der Waals surface area contributed by atoms with E-state index in [-0.39, 0.29) is 37.4 Å². The Morgan fingerprint density at radius 2 is 2.05 bits per heavy atom. The molecule has 0 spiro atoms. The van der Waals surface area contributed by atoms with Gasteiger partial charge in [-0.05, 0) is 51.0 Å². The SMILES string of the molecule is COc1nc(N[C@@H]2CCN(CCO)CC2(F)F)nn2ccc(-c3cc(F)c4nc(C)n(C(C)C)c4c3)c12. The van der Waals surface area contributed by atoms with Gasteiger partial charge in [-0.15, -0.1) is 5.10 Å². The fraction of sp³-hybridized carbons (Fsp3) is 0.480. The highest BCUT2D eigenvalue weighted by Crippen LogP contribution is 2.36. The fourth-order valence-electron chi connectivity index (χ4n) is 5.18. The van der Waals surface area contributed by atoms with Gasteiger partial charge in [0.2, 0.25) is 11.8 Å². The van der Waals surface area contributed by atoms with E-state index >= 15 is 4.39 Å². The van der Waals surface area contributed by atoms with Crippen LogP contribution in [-0.4, -0.2) is 79.5 Å². The number of methoxy groups -OCH3 is 1. The average Bonchev–Trinajstić information content (AvgIpc) is 3.41. The number of aliphatic hydroxyl groups excluding tert-OH is 1. The van der Waals surface area contributed by atoms with Crippen molar-refractivity contribution in [2.24, 2.45) is 0 Å². The molecular weight excluding hydrogens is 487 g/mol. The van der Waals surface area contributed by atoms with Crippen LogP contribution in [-0.2, 0) is 0 Å². The molecule has 1 atom stereocenters. The van der Waals surface area contributed by atoms with E-state index in [2.05, 4.69) is 20.4 Å². The molecular formula is C25H30F3N7O2. The summed E-state index contributed by atoms with van der Waals surface area (Å²) in [5, 5.41) is 16.2. The van der Waals surface area contributed by atoms with Crippen molar-refractivity contribution >= 4 is 22.5 Å². The minimum atomic E-state index is -3.04. The number of imidazole rings is 1. The fourth-order valence-corrected chi connectivity index (χ4v) is 5.18. The Balaban J connectivity index is 1.52. The van der Waals surface area contributed by atoms with Crippen LogP contribution in [0.25, 0.3) is 27.7 Å². The van der Waals surface area contributed by atoms with Gasteiger partial charge in [0.05, 0.1) is 31.8 Å². The molecule has 1 aliphatic heterocycles. The van der Waals surface area contributed by atoms with Gasteiger partial charge in [0.15, 0.2) is 5.82 Å². The number of aromatic nitrogens is 5. The molecule has 0 unspecified atom stereocenters. The number of alkyl halides is 2. The first-order valence-corrected chi connectivity index (χ1v) is 12.2. The van der Waals surface area contributed by atoms with Crippen LogP contribution in [0.1, 0.15) is 32.1 Å². The molecule has 9 nitrogen and oxygen atoms in total. The molecule has 0 radical (unpaired) electrons. The van der Waals surface area contributed by atoms with E-state index < -0.39 is 24.3 Å². The molecule has 0 amide bonds. The number of ether oxygens (including phenoxy) is 1. The smallest absolute Gasteiger partial charge is 0.280 e. The number of nitrogens with one attached hydrogen (secondary N) is 1. The quantitative estimate of drug-likeness (QED) is 0.384. The van der Waals surface area contributed by atoms with E-state index in [1.165, 1.54) is 22.6 Å². The lowest BCUT2D eigenvalue weighted by Crippen LogP contribution is -2.55. The maximum atomic E-state index is 15.1. The topological polar surface area (TPSA) is 92.7 Å². The number of nitrogens with zero attached hydrogens (tertiary/aromatic N) is 6. The second-order valence-corrected chi connectivity index (χ2v) is 9.66. The molecule has 4 aromatic rings. The molecule has 1 fully saturated rings. The van der Waals surface area contributed by atoms with Gasteiger partial charge in [-0.1, -0.05) is 0 Å². The van der Waals surface area contributed by atoms with E-state index in [0.717, 1.165) is 5.82 Å². The van der Waals surface area contributed by atoms with Crippen molar-refractivity contribution in [1.29, 1.82) is 0 Å². The lowest BCUT2D eigenvalue weighted by atomic mass is 10.0. The Morgan fingerprint density at radius 1 is 1.27 bits per heavy atom. The average molecular weight is 518 g/mol. The van der Waals surface area contributed by atoms with Gasteiger partial charge in [0.1, 0.15) is 16.9 Å². The van der Waals surface area contributed by atoms with Crippen molar-refractivity contribution in [1.82, 2.24) is 29.0 Å². The number of aliphatic hydroxyl groups is 1. The normalized spacial score (nSPS) is 18.2. The zero-order chi connectivity index (χ0) is 26.5. The molecule has 0 saturated carbocycles. The van der Waals surface area contributed by atoms with Crippen LogP contribution in [0.2, 0.25) is 0 Å². The highest BCUT2D eigenvalue weighted by Gasteiger charge is 2.45. The number of piperidine rings is 1. The molecule has 198 valence electrons. The number of benzene rings is 1. The van der Waals surface area contributed by atoms with Gasteiger partial charge in [0.25, 0.3) is 5.92 Å². The monoisotopic (exact) mass is 517 g/mol. The van der Waals surface area contributed by atoms with Gasteiger partial charge in [-0.2, -0.15) is 4.98 Å². The van der Waals surface area contributed by atoms with Gasteiger partial charge >= 0.3 is 0 Å². The van der Waals surface area contributed by atoms with Crippen molar-refractivity contribution < 1.29 is 23.0 Å². The molecule has 12 heteroatoms. The number of hydrogen-bond acceptors (Lipinski definition) is 7. The molecule has 0 bridgehead atoms. The molecule has 1 aromatic carbocycles. The van der Waals surface area contributed by atoms with Crippen LogP contribution in [0.4, 0.5) is 19.1 Å². The van der Waals surface area contributed by atoms with Crippen molar-refractivity contribution in [3.8, 4) is 17.0 Å². The molecule has 1 aliphatic rings. The number of β-amino-alcohol motifs (C(OH)–C–C–N with tert-alkyl or cyclic N) is 1. The number of hydrogen-bond donors (Lipinski definition) is 2. The Kier molecular flexibility index (Phi) is 6.48. The Hall–Kier alpha value is -3.38. The Labute approximate surface area is 211 Å². The lowest BCUT2D eigenvalue weighted by Gasteiger charge is -2.38. The number of halogens is 3. The largest absolute Gasteiger partial charge is 0.479 e. The number of likely N-dealkylation sites (tertiary alicyclic amines) is 1. The summed E-state index contributed by atoms with van der Waals surface area (Å²) < 4.78 is 53.7. The summed E-state index contributed by atoms with van der Waals surface area (Å²) in [6, 6.07) is 3.98. The first-order valence-electron chi connectivity index (χ1n) is 12.2. The van der Waals surface area contributed by atoms with Crippen LogP contribution in [0.3, 0.4) is 0 Å². The summed E-state index contributed by atoms with van der Waals surface area (Å²) in [6.45, 7) is 5.86. The van der Waals surface area contributed by atoms with E-state index in [9.17, 15) is 8.78 Å². The number of rotatable bonds is 7. The summed E-state index contributed by atoms with van der Waals surface area (Å²) in [5.74, 6) is -2.58. The zero-order valence-corrected chi connectivity index (χ0v) is 21.2. The summed E-state index contributed by atoms with van der Waals surface area (Å²) in [7, 11) is 1.44. The lowest BCUT2D eigenvalue weighted by molar-refractivity contribution is -0.0760. The number of anilines is 1. The van der Waals surface area contributed by atoms with Gasteiger partial charge in [0, 0.05) is 30.9 Å². The third-order valence-corrected chi connectivity index (χ3v) is 6.82. The second-order valence-electron chi connectivity index (χ2n) is 9.66. The maximum absolute atomic E-state index is 15.1. The molecule has 4 heterocycles. The summed E-state index contributed by atoms with van der Waals surface area (Å²) in [5.41, 5.74) is 2.71. The van der Waals surface area contributed by atoms with Crippen LogP contribution in [0.15, 0.2) is 24.4 Å². The van der Waals surface area contributed by atoms with Crippen molar-refractivity contribution in [3.63, 3.8) is 0 Å². The summed E-state index contributed by atoms with van der Waals surface area (Å²) in [4.78, 5) is 10.3. The third-order valence-electron chi connectivity index (χ3n) is 6.82. The second kappa shape index (κ2) is 9.49. The van der Waals surface area contributed by atoms with E-state index in [0.29, 0.717) is 34.2 Å². The van der Waals surface area contributed by atoms with Crippen LogP contribution < -0.4 is 10.1 Å².